The maximum Gasteiger partial charge on any atom is 0.404 e. The molecule has 2 atom stereocenters. The number of nitrogens with one attached hydrogen (secondary N) is 1. The molecule has 2 fully saturated rings. The van der Waals surface area contributed by atoms with Crippen molar-refractivity contribution in [2.24, 2.45) is 5.92 Å². The largest absolute Gasteiger partial charge is 0.465 e. The van der Waals surface area contributed by atoms with Crippen LogP contribution in [0.3, 0.4) is 0 Å². The predicted octanol–water partition coefficient (Wildman–Crippen LogP) is 5.44. The lowest BCUT2D eigenvalue weighted by Gasteiger charge is -2.33. The topological polar surface area (TPSA) is 93.2 Å². The minimum Gasteiger partial charge on any atom is -0.465 e. The minimum atomic E-state index is -1.05. The second-order valence-corrected chi connectivity index (χ2v) is 10.9. The number of halogens is 3. The maximum atomic E-state index is 13.7. The highest BCUT2D eigenvalue weighted by Crippen LogP contribution is 2.35. The van der Waals surface area contributed by atoms with Gasteiger partial charge in [-0.3, -0.25) is 9.69 Å². The van der Waals surface area contributed by atoms with E-state index >= 15 is 0 Å². The van der Waals surface area contributed by atoms with Crippen molar-refractivity contribution in [3.8, 4) is 0 Å². The molecule has 4 rings (SSSR count). The molecular formula is C27H31Cl2FN4O4. The first-order chi connectivity index (χ1) is 18.0. The number of urea groups is 1. The van der Waals surface area contributed by atoms with Crippen LogP contribution in [0.25, 0.3) is 0 Å². The molecule has 0 aromatic heterocycles. The molecule has 0 radical (unpaired) electrons. The number of nitrogens with zero attached hydrogens (tertiary/aromatic N) is 3. The van der Waals surface area contributed by atoms with E-state index in [1.165, 1.54) is 17.0 Å². The van der Waals surface area contributed by atoms with Gasteiger partial charge in [0.15, 0.2) is 0 Å². The molecule has 2 N–H and O–H groups in total. The van der Waals surface area contributed by atoms with E-state index in [0.29, 0.717) is 54.5 Å². The van der Waals surface area contributed by atoms with Crippen LogP contribution in [-0.4, -0.2) is 72.2 Å². The molecule has 0 spiro atoms. The summed E-state index contributed by atoms with van der Waals surface area (Å²) in [5, 5.41) is 12.3. The summed E-state index contributed by atoms with van der Waals surface area (Å²) in [7, 11) is 3.33. The van der Waals surface area contributed by atoms with Crippen molar-refractivity contribution in [3.05, 3.63) is 63.9 Å². The van der Waals surface area contributed by atoms with Crippen molar-refractivity contribution in [1.29, 1.82) is 0 Å². The number of hydrogen-bond donors (Lipinski definition) is 2. The van der Waals surface area contributed by atoms with E-state index in [1.54, 1.807) is 54.2 Å². The first-order valence-electron chi connectivity index (χ1n) is 12.5. The third-order valence-corrected chi connectivity index (χ3v) is 8.06. The van der Waals surface area contributed by atoms with Crippen LogP contribution in [0.2, 0.25) is 10.0 Å². The Morgan fingerprint density at radius 1 is 0.974 bits per heavy atom. The van der Waals surface area contributed by atoms with Crippen LogP contribution in [0.5, 0.6) is 0 Å². The van der Waals surface area contributed by atoms with Gasteiger partial charge in [0.2, 0.25) is 5.91 Å². The lowest BCUT2D eigenvalue weighted by Crippen LogP contribution is -2.48. The zero-order valence-corrected chi connectivity index (χ0v) is 22.8. The number of amides is 4. The third kappa shape index (κ3) is 6.32. The van der Waals surface area contributed by atoms with Crippen LogP contribution in [-0.2, 0) is 4.79 Å². The molecule has 38 heavy (non-hydrogen) atoms. The standard InChI is InChI=1S/C27H31Cl2FN4O4/c1-32(22-12-18(28)11-19(29)13-22)27(38)33(2)24-15-34(14-23(24)16-3-7-20(30)8-4-16)25(35)17-5-9-21(10-6-17)31-26(36)37/h3-4,7-8,11-13,17,21,23-24,31H,5-6,9-10,14-15H2,1-2H3,(H,36,37)/t17?,21?,23-,24+/m0/s1. The summed E-state index contributed by atoms with van der Waals surface area (Å²) in [5.74, 6) is -0.768. The number of likely N-dealkylation sites (N-methyl/N-ethyl adjacent to an activating group) is 1. The summed E-state index contributed by atoms with van der Waals surface area (Å²) in [6, 6.07) is 10.3. The number of benzene rings is 2. The maximum absolute atomic E-state index is 13.7. The number of likely N-dealkylation sites (tertiary alicyclic amines) is 1. The Morgan fingerprint density at radius 3 is 2.16 bits per heavy atom. The molecule has 4 amide bonds. The number of anilines is 1. The summed E-state index contributed by atoms with van der Waals surface area (Å²) < 4.78 is 13.7. The Balaban J connectivity index is 1.52. The smallest absolute Gasteiger partial charge is 0.404 e. The molecule has 0 unspecified atom stereocenters. The fourth-order valence-electron chi connectivity index (χ4n) is 5.54. The van der Waals surface area contributed by atoms with Crippen LogP contribution < -0.4 is 10.2 Å². The predicted molar refractivity (Wildman–Crippen MR) is 144 cm³/mol. The van der Waals surface area contributed by atoms with Crippen LogP contribution >= 0.6 is 23.2 Å². The minimum absolute atomic E-state index is 0.00390. The monoisotopic (exact) mass is 564 g/mol. The molecule has 2 aliphatic rings. The zero-order chi connectivity index (χ0) is 27.6. The molecule has 8 nitrogen and oxygen atoms in total. The Labute approximate surface area is 231 Å². The van der Waals surface area contributed by atoms with Gasteiger partial charge in [0.25, 0.3) is 0 Å². The van der Waals surface area contributed by atoms with Gasteiger partial charge in [-0.2, -0.15) is 0 Å². The second-order valence-electron chi connectivity index (χ2n) is 10.0. The summed E-state index contributed by atoms with van der Waals surface area (Å²) in [4.78, 5) is 42.9. The van der Waals surface area contributed by atoms with Crippen molar-refractivity contribution >= 4 is 46.9 Å². The van der Waals surface area contributed by atoms with Gasteiger partial charge in [-0.05, 0) is 61.6 Å². The first-order valence-corrected chi connectivity index (χ1v) is 13.3. The summed E-state index contributed by atoms with van der Waals surface area (Å²) in [6.45, 7) is 0.729. The van der Waals surface area contributed by atoms with E-state index in [1.807, 2.05) is 0 Å². The average molecular weight is 565 g/mol. The number of carbonyl (C=O) groups is 3. The zero-order valence-electron chi connectivity index (χ0n) is 21.2. The van der Waals surface area contributed by atoms with Crippen molar-refractivity contribution in [2.45, 2.75) is 43.7 Å². The number of carboxylic acid groups (broad SMARTS) is 1. The Bertz CT molecular complexity index is 1170. The Hall–Kier alpha value is -3.04. The quantitative estimate of drug-likeness (QED) is 0.505. The molecule has 11 heteroatoms. The first kappa shape index (κ1) is 28.0. The highest BCUT2D eigenvalue weighted by atomic mass is 35.5. The van der Waals surface area contributed by atoms with Gasteiger partial charge in [0.05, 0.1) is 6.04 Å². The van der Waals surface area contributed by atoms with Crippen molar-refractivity contribution in [1.82, 2.24) is 15.1 Å². The van der Waals surface area contributed by atoms with Crippen LogP contribution in [0.4, 0.5) is 19.7 Å². The van der Waals surface area contributed by atoms with Crippen molar-refractivity contribution in [2.75, 3.05) is 32.1 Å². The molecule has 2 aromatic carbocycles. The molecule has 1 heterocycles. The van der Waals surface area contributed by atoms with E-state index in [0.717, 1.165) is 5.56 Å². The Kier molecular flexibility index (Phi) is 8.67. The van der Waals surface area contributed by atoms with Gasteiger partial charge in [0.1, 0.15) is 5.82 Å². The molecule has 1 aliphatic carbocycles. The van der Waals surface area contributed by atoms with E-state index in [4.69, 9.17) is 28.3 Å². The van der Waals surface area contributed by atoms with E-state index in [2.05, 4.69) is 5.32 Å². The van der Waals surface area contributed by atoms with Crippen LogP contribution in [0, 0.1) is 11.7 Å². The van der Waals surface area contributed by atoms with E-state index in [-0.39, 0.29) is 41.7 Å². The van der Waals surface area contributed by atoms with Crippen LogP contribution in [0.1, 0.15) is 37.2 Å². The normalized spacial score (nSPS) is 23.1. The van der Waals surface area contributed by atoms with Crippen LogP contribution in [0.15, 0.2) is 42.5 Å². The van der Waals surface area contributed by atoms with Crippen molar-refractivity contribution in [3.63, 3.8) is 0 Å². The number of carbonyl (C=O) groups excluding carboxylic acids is 2. The van der Waals surface area contributed by atoms with Gasteiger partial charge < -0.3 is 20.2 Å². The van der Waals surface area contributed by atoms with E-state index in [9.17, 15) is 18.8 Å². The summed E-state index contributed by atoms with van der Waals surface area (Å²) in [6.07, 6.45) is 1.35. The number of hydrogen-bond acceptors (Lipinski definition) is 3. The lowest BCUT2D eigenvalue weighted by atomic mass is 9.85. The highest BCUT2D eigenvalue weighted by molar-refractivity contribution is 6.35. The van der Waals surface area contributed by atoms with E-state index < -0.39 is 6.09 Å². The Morgan fingerprint density at radius 2 is 1.58 bits per heavy atom. The fourth-order valence-corrected chi connectivity index (χ4v) is 6.05. The van der Waals surface area contributed by atoms with Gasteiger partial charge in [-0.15, -0.1) is 0 Å². The summed E-state index contributed by atoms with van der Waals surface area (Å²) in [5.41, 5.74) is 1.38. The molecule has 2 aromatic rings. The van der Waals surface area contributed by atoms with Gasteiger partial charge in [-0.1, -0.05) is 35.3 Å². The van der Waals surface area contributed by atoms with Gasteiger partial charge in [-0.25, -0.2) is 14.0 Å². The second kappa shape index (κ2) is 11.8. The molecule has 1 saturated carbocycles. The molecule has 1 aliphatic heterocycles. The lowest BCUT2D eigenvalue weighted by molar-refractivity contribution is -0.135. The SMILES string of the molecule is CN(C(=O)N(C)[C@@H]1CN(C(=O)C2CCC(NC(=O)O)CC2)C[C@H]1c1ccc(F)cc1)c1cc(Cl)cc(Cl)c1. The van der Waals surface area contributed by atoms with Crippen molar-refractivity contribution < 1.29 is 23.9 Å². The molecule has 0 bridgehead atoms. The fraction of sp³-hybridized carbons (Fsp3) is 0.444. The third-order valence-electron chi connectivity index (χ3n) is 7.62. The highest BCUT2D eigenvalue weighted by Gasteiger charge is 2.42. The molecular weight excluding hydrogens is 534 g/mol. The van der Waals surface area contributed by atoms with Gasteiger partial charge >= 0.3 is 12.1 Å². The van der Waals surface area contributed by atoms with Gasteiger partial charge in [0, 0.05) is 60.8 Å². The summed E-state index contributed by atoms with van der Waals surface area (Å²) >= 11 is 12.3. The number of rotatable bonds is 5. The molecule has 204 valence electrons. The molecule has 1 saturated heterocycles. The average Bonchev–Trinajstić information content (AvgIpc) is 3.32.